The summed E-state index contributed by atoms with van der Waals surface area (Å²) in [5.74, 6) is 0.361. The van der Waals surface area contributed by atoms with E-state index in [1.165, 1.54) is 6.20 Å². The number of pyridine rings is 1. The second-order valence-corrected chi connectivity index (χ2v) is 8.11. The minimum atomic E-state index is -0.0813. The number of carbonyl (C=O) groups is 1. The molecule has 2 aliphatic heterocycles. The van der Waals surface area contributed by atoms with E-state index >= 15 is 0 Å². The van der Waals surface area contributed by atoms with E-state index in [0.29, 0.717) is 25.3 Å². The highest BCUT2D eigenvalue weighted by molar-refractivity contribution is 7.13. The Balaban J connectivity index is 1.54. The summed E-state index contributed by atoms with van der Waals surface area (Å²) in [5.41, 5.74) is 2.61. The van der Waals surface area contributed by atoms with Crippen molar-refractivity contribution >= 4 is 17.2 Å². The lowest BCUT2D eigenvalue weighted by molar-refractivity contribution is 0.0589. The molecule has 1 fully saturated rings. The van der Waals surface area contributed by atoms with Crippen LogP contribution in [0.4, 0.5) is 0 Å². The Morgan fingerprint density at radius 3 is 2.85 bits per heavy atom. The molecule has 2 bridgehead atoms. The number of piperidine rings is 1. The molecule has 0 N–H and O–H groups in total. The molecule has 27 heavy (non-hydrogen) atoms. The fraction of sp³-hybridized carbons (Fsp3) is 0.300. The maximum atomic E-state index is 12.9. The van der Waals surface area contributed by atoms with Gasteiger partial charge in [-0.25, -0.2) is 4.98 Å². The van der Waals surface area contributed by atoms with Crippen LogP contribution in [-0.2, 0) is 6.54 Å². The fourth-order valence-corrected chi connectivity index (χ4v) is 5.15. The number of carbonyl (C=O) groups excluding carboxylic acids is 1. The number of rotatable bonds is 2. The van der Waals surface area contributed by atoms with Crippen molar-refractivity contribution in [1.29, 1.82) is 0 Å². The molecule has 7 heteroatoms. The molecular formula is C20H18N4O2S. The molecule has 3 aromatic rings. The number of hydrogen-bond acceptors (Lipinski definition) is 5. The predicted molar refractivity (Wildman–Crippen MR) is 103 cm³/mol. The molecule has 2 aliphatic rings. The molecule has 3 aromatic heterocycles. The van der Waals surface area contributed by atoms with Gasteiger partial charge < -0.3 is 9.47 Å². The zero-order valence-corrected chi connectivity index (χ0v) is 15.4. The number of fused-ring (bicyclic) bond motifs is 4. The van der Waals surface area contributed by atoms with Crippen LogP contribution in [0.2, 0.25) is 0 Å². The molecule has 0 unspecified atom stereocenters. The molecule has 0 saturated carbocycles. The van der Waals surface area contributed by atoms with Crippen LogP contribution >= 0.6 is 11.3 Å². The highest BCUT2D eigenvalue weighted by Gasteiger charge is 2.38. The van der Waals surface area contributed by atoms with Gasteiger partial charge >= 0.3 is 0 Å². The first-order valence-corrected chi connectivity index (χ1v) is 9.91. The average Bonchev–Trinajstić information content (AvgIpc) is 3.23. The highest BCUT2D eigenvalue weighted by atomic mass is 32.1. The molecule has 6 nitrogen and oxygen atoms in total. The van der Waals surface area contributed by atoms with E-state index in [1.54, 1.807) is 29.8 Å². The SMILES string of the molecule is O=C(c1cnccn1)N1C[C@@H]2C[C@H](C1)c1c(-c3cccs3)ccc(=O)n1C2. The first-order valence-electron chi connectivity index (χ1n) is 9.03. The van der Waals surface area contributed by atoms with Crippen LogP contribution in [0.15, 0.2) is 53.0 Å². The summed E-state index contributed by atoms with van der Waals surface area (Å²) in [7, 11) is 0. The van der Waals surface area contributed by atoms with E-state index in [4.69, 9.17) is 0 Å². The van der Waals surface area contributed by atoms with Crippen LogP contribution in [0.25, 0.3) is 10.4 Å². The van der Waals surface area contributed by atoms with Crippen LogP contribution in [0.3, 0.4) is 0 Å². The molecule has 2 atom stereocenters. The number of amides is 1. The minimum Gasteiger partial charge on any atom is -0.336 e. The van der Waals surface area contributed by atoms with Crippen molar-refractivity contribution in [1.82, 2.24) is 19.4 Å². The lowest BCUT2D eigenvalue weighted by atomic mass is 9.81. The van der Waals surface area contributed by atoms with Crippen LogP contribution in [0, 0.1) is 5.92 Å². The Morgan fingerprint density at radius 1 is 1.15 bits per heavy atom. The van der Waals surface area contributed by atoms with Crippen molar-refractivity contribution in [3.8, 4) is 10.4 Å². The van der Waals surface area contributed by atoms with Crippen molar-refractivity contribution < 1.29 is 4.79 Å². The third-order valence-corrected chi connectivity index (χ3v) is 6.35. The Hall–Kier alpha value is -2.80. The van der Waals surface area contributed by atoms with E-state index < -0.39 is 0 Å². The zero-order chi connectivity index (χ0) is 18.4. The maximum Gasteiger partial charge on any atom is 0.274 e. The second-order valence-electron chi connectivity index (χ2n) is 7.16. The van der Waals surface area contributed by atoms with Crippen LogP contribution in [0.1, 0.15) is 28.5 Å². The van der Waals surface area contributed by atoms with Crippen molar-refractivity contribution in [3.63, 3.8) is 0 Å². The van der Waals surface area contributed by atoms with Crippen LogP contribution < -0.4 is 5.56 Å². The number of hydrogen-bond donors (Lipinski definition) is 0. The standard InChI is InChI=1S/C20H18N4O2S/c25-18-4-3-15(17-2-1-7-27-17)19-14-8-13(11-24(18)19)10-23(12-14)20(26)16-9-21-5-6-22-16/h1-7,9,13-14H,8,10-12H2/t13-,14+/m0/s1. The largest absolute Gasteiger partial charge is 0.336 e. The Bertz CT molecular complexity index is 1050. The summed E-state index contributed by atoms with van der Waals surface area (Å²) in [6.07, 6.45) is 5.63. The van der Waals surface area contributed by atoms with Gasteiger partial charge in [-0.2, -0.15) is 0 Å². The summed E-state index contributed by atoms with van der Waals surface area (Å²) in [5, 5.41) is 2.05. The van der Waals surface area contributed by atoms with Crippen molar-refractivity contribution in [2.24, 2.45) is 5.92 Å². The normalized spacial score (nSPS) is 21.0. The molecule has 0 aromatic carbocycles. The van der Waals surface area contributed by atoms with Gasteiger partial charge in [-0.15, -0.1) is 11.3 Å². The van der Waals surface area contributed by atoms with Crippen molar-refractivity contribution in [2.45, 2.75) is 18.9 Å². The molecule has 136 valence electrons. The molecule has 1 saturated heterocycles. The lowest BCUT2D eigenvalue weighted by Crippen LogP contribution is -2.49. The smallest absolute Gasteiger partial charge is 0.274 e. The van der Waals surface area contributed by atoms with Gasteiger partial charge in [-0.05, 0) is 29.9 Å². The quantitative estimate of drug-likeness (QED) is 0.687. The highest BCUT2D eigenvalue weighted by Crippen LogP contribution is 2.41. The molecular weight excluding hydrogens is 360 g/mol. The summed E-state index contributed by atoms with van der Waals surface area (Å²) >= 11 is 1.68. The summed E-state index contributed by atoms with van der Waals surface area (Å²) in [6, 6.07) is 7.72. The summed E-state index contributed by atoms with van der Waals surface area (Å²) in [6.45, 7) is 1.92. The molecule has 5 rings (SSSR count). The maximum absolute atomic E-state index is 12.9. The second kappa shape index (κ2) is 6.42. The van der Waals surface area contributed by atoms with Gasteiger partial charge in [0.25, 0.3) is 11.5 Å². The molecule has 0 aliphatic carbocycles. The number of aromatic nitrogens is 3. The minimum absolute atomic E-state index is 0.0497. The number of thiophene rings is 1. The third kappa shape index (κ3) is 2.78. The zero-order valence-electron chi connectivity index (χ0n) is 14.6. The van der Waals surface area contributed by atoms with Gasteiger partial charge in [0, 0.05) is 60.1 Å². The van der Waals surface area contributed by atoms with Crippen molar-refractivity contribution in [3.05, 3.63) is 70.0 Å². The van der Waals surface area contributed by atoms with Gasteiger partial charge in [-0.3, -0.25) is 14.6 Å². The van der Waals surface area contributed by atoms with E-state index in [9.17, 15) is 9.59 Å². The van der Waals surface area contributed by atoms with Gasteiger partial charge in [-0.1, -0.05) is 6.07 Å². The first kappa shape index (κ1) is 16.4. The lowest BCUT2D eigenvalue weighted by Gasteiger charge is -2.43. The summed E-state index contributed by atoms with van der Waals surface area (Å²) < 4.78 is 1.93. The van der Waals surface area contributed by atoms with Crippen LogP contribution in [-0.4, -0.2) is 38.4 Å². The van der Waals surface area contributed by atoms with E-state index in [2.05, 4.69) is 16.0 Å². The van der Waals surface area contributed by atoms with Gasteiger partial charge in [0.15, 0.2) is 0 Å². The third-order valence-electron chi connectivity index (χ3n) is 5.45. The number of nitrogens with zero attached hydrogens (tertiary/aromatic N) is 4. The average molecular weight is 378 g/mol. The van der Waals surface area contributed by atoms with Crippen LogP contribution in [0.5, 0.6) is 0 Å². The predicted octanol–water partition coefficient (Wildman–Crippen LogP) is 2.63. The molecule has 0 radical (unpaired) electrons. The van der Waals surface area contributed by atoms with Gasteiger partial charge in [0.1, 0.15) is 5.69 Å². The summed E-state index contributed by atoms with van der Waals surface area (Å²) in [4.78, 5) is 36.6. The van der Waals surface area contributed by atoms with E-state index in [-0.39, 0.29) is 23.3 Å². The molecule has 0 spiro atoms. The monoisotopic (exact) mass is 378 g/mol. The fourth-order valence-electron chi connectivity index (χ4n) is 4.39. The van der Waals surface area contributed by atoms with E-state index in [1.807, 2.05) is 27.0 Å². The van der Waals surface area contributed by atoms with Gasteiger partial charge in [0.05, 0.1) is 6.20 Å². The topological polar surface area (TPSA) is 68.1 Å². The van der Waals surface area contributed by atoms with Gasteiger partial charge in [0.2, 0.25) is 0 Å². The Kier molecular flexibility index (Phi) is 3.89. The van der Waals surface area contributed by atoms with E-state index in [0.717, 1.165) is 22.6 Å². The molecule has 1 amide bonds. The Labute approximate surface area is 160 Å². The van der Waals surface area contributed by atoms with Crippen molar-refractivity contribution in [2.75, 3.05) is 13.1 Å². The first-order chi connectivity index (χ1) is 13.2. The molecule has 5 heterocycles. The Morgan fingerprint density at radius 2 is 2.07 bits per heavy atom. The number of likely N-dealkylation sites (tertiary alicyclic amines) is 1.